The van der Waals surface area contributed by atoms with Crippen molar-refractivity contribution in [3.63, 3.8) is 0 Å². The molecule has 134 valence electrons. The molecular formula is C16H19F3N6. The summed E-state index contributed by atoms with van der Waals surface area (Å²) in [6.07, 6.45) is -2.48. The van der Waals surface area contributed by atoms with E-state index in [0.29, 0.717) is 50.1 Å². The first-order valence-corrected chi connectivity index (χ1v) is 8.03. The SMILES string of the molecule is CCc1nc(N)cc(N2CCN(c3cc(C(F)(F)F)ccn3)CC2)n1. The second-order valence-electron chi connectivity index (χ2n) is 5.80. The summed E-state index contributed by atoms with van der Waals surface area (Å²) in [5, 5.41) is 0. The molecular weight excluding hydrogens is 333 g/mol. The fourth-order valence-electron chi connectivity index (χ4n) is 2.76. The molecule has 3 rings (SSSR count). The van der Waals surface area contributed by atoms with Gasteiger partial charge in [0, 0.05) is 44.9 Å². The Morgan fingerprint density at radius 1 is 1.04 bits per heavy atom. The van der Waals surface area contributed by atoms with Gasteiger partial charge in [0.25, 0.3) is 0 Å². The minimum absolute atomic E-state index is 0.339. The summed E-state index contributed by atoms with van der Waals surface area (Å²) >= 11 is 0. The molecule has 0 aromatic carbocycles. The molecule has 9 heteroatoms. The van der Waals surface area contributed by atoms with E-state index < -0.39 is 11.7 Å². The molecule has 1 aliphatic rings. The minimum Gasteiger partial charge on any atom is -0.384 e. The lowest BCUT2D eigenvalue weighted by Crippen LogP contribution is -2.47. The molecule has 1 fully saturated rings. The van der Waals surface area contributed by atoms with Gasteiger partial charge in [0.15, 0.2) is 0 Å². The number of aryl methyl sites for hydroxylation is 1. The first-order chi connectivity index (χ1) is 11.9. The molecule has 1 aliphatic heterocycles. The van der Waals surface area contributed by atoms with E-state index in [0.717, 1.165) is 18.0 Å². The number of piperazine rings is 1. The largest absolute Gasteiger partial charge is 0.416 e. The summed E-state index contributed by atoms with van der Waals surface area (Å²) < 4.78 is 38.5. The van der Waals surface area contributed by atoms with Crippen molar-refractivity contribution >= 4 is 17.5 Å². The molecule has 0 bridgehead atoms. The Bertz CT molecular complexity index is 741. The monoisotopic (exact) mass is 352 g/mol. The predicted molar refractivity (Wildman–Crippen MR) is 89.5 cm³/mol. The van der Waals surface area contributed by atoms with E-state index in [1.54, 1.807) is 6.07 Å². The summed E-state index contributed by atoms with van der Waals surface area (Å²) in [7, 11) is 0. The summed E-state index contributed by atoms with van der Waals surface area (Å²) in [6.45, 7) is 4.31. The fraction of sp³-hybridized carbons (Fsp3) is 0.438. The molecule has 0 unspecified atom stereocenters. The minimum atomic E-state index is -4.37. The van der Waals surface area contributed by atoms with Gasteiger partial charge in [0.1, 0.15) is 23.3 Å². The molecule has 0 amide bonds. The number of alkyl halides is 3. The lowest BCUT2D eigenvalue weighted by molar-refractivity contribution is -0.137. The number of rotatable bonds is 3. The summed E-state index contributed by atoms with van der Waals surface area (Å²) in [6, 6.07) is 3.79. The molecule has 2 N–H and O–H groups in total. The standard InChI is InChI=1S/C16H19F3N6/c1-2-13-22-12(20)10-15(23-13)25-7-5-24(6-8-25)14-9-11(3-4-21-14)16(17,18)19/h3-4,9-10H,2,5-8H2,1H3,(H2,20,22,23). The van der Waals surface area contributed by atoms with Crippen LogP contribution in [0.5, 0.6) is 0 Å². The van der Waals surface area contributed by atoms with Gasteiger partial charge in [-0.1, -0.05) is 6.92 Å². The highest BCUT2D eigenvalue weighted by molar-refractivity contribution is 5.50. The van der Waals surface area contributed by atoms with Crippen LogP contribution in [0.4, 0.5) is 30.6 Å². The van der Waals surface area contributed by atoms with E-state index in [1.165, 1.54) is 6.20 Å². The zero-order valence-electron chi connectivity index (χ0n) is 13.8. The van der Waals surface area contributed by atoms with Gasteiger partial charge in [-0.05, 0) is 12.1 Å². The number of aromatic nitrogens is 3. The Morgan fingerprint density at radius 3 is 2.28 bits per heavy atom. The lowest BCUT2D eigenvalue weighted by Gasteiger charge is -2.36. The highest BCUT2D eigenvalue weighted by Gasteiger charge is 2.31. The molecule has 0 spiro atoms. The average Bonchev–Trinajstić information content (AvgIpc) is 2.60. The van der Waals surface area contributed by atoms with Crippen LogP contribution in [-0.2, 0) is 12.6 Å². The second-order valence-corrected chi connectivity index (χ2v) is 5.80. The van der Waals surface area contributed by atoms with E-state index in [2.05, 4.69) is 19.9 Å². The smallest absolute Gasteiger partial charge is 0.384 e. The molecule has 2 aromatic heterocycles. The van der Waals surface area contributed by atoms with Crippen molar-refractivity contribution in [3.05, 3.63) is 35.8 Å². The number of hydrogen-bond donors (Lipinski definition) is 1. The van der Waals surface area contributed by atoms with Gasteiger partial charge in [-0.15, -0.1) is 0 Å². The summed E-state index contributed by atoms with van der Waals surface area (Å²) in [5.74, 6) is 2.19. The maximum Gasteiger partial charge on any atom is 0.416 e. The molecule has 0 radical (unpaired) electrons. The Balaban J connectivity index is 1.71. The van der Waals surface area contributed by atoms with Crippen molar-refractivity contribution < 1.29 is 13.2 Å². The van der Waals surface area contributed by atoms with Gasteiger partial charge in [0.05, 0.1) is 5.56 Å². The van der Waals surface area contributed by atoms with Gasteiger partial charge in [0.2, 0.25) is 0 Å². The molecule has 2 aromatic rings. The van der Waals surface area contributed by atoms with Gasteiger partial charge in [-0.2, -0.15) is 13.2 Å². The second kappa shape index (κ2) is 6.73. The van der Waals surface area contributed by atoms with E-state index in [4.69, 9.17) is 5.73 Å². The maximum atomic E-state index is 12.8. The zero-order valence-corrected chi connectivity index (χ0v) is 13.8. The summed E-state index contributed by atoms with van der Waals surface area (Å²) in [5.41, 5.74) is 5.13. The average molecular weight is 352 g/mol. The fourth-order valence-corrected chi connectivity index (χ4v) is 2.76. The summed E-state index contributed by atoms with van der Waals surface area (Å²) in [4.78, 5) is 16.6. The van der Waals surface area contributed by atoms with Crippen LogP contribution in [0.1, 0.15) is 18.3 Å². The van der Waals surface area contributed by atoms with Crippen LogP contribution in [-0.4, -0.2) is 41.1 Å². The lowest BCUT2D eigenvalue weighted by atomic mass is 10.2. The van der Waals surface area contributed by atoms with E-state index >= 15 is 0 Å². The highest BCUT2D eigenvalue weighted by Crippen LogP contribution is 2.31. The number of nitrogen functional groups attached to an aromatic ring is 1. The van der Waals surface area contributed by atoms with Crippen molar-refractivity contribution in [2.24, 2.45) is 0 Å². The number of halogens is 3. The van der Waals surface area contributed by atoms with Gasteiger partial charge in [-0.3, -0.25) is 0 Å². The molecule has 0 saturated carbocycles. The van der Waals surface area contributed by atoms with E-state index in [9.17, 15) is 13.2 Å². The quantitative estimate of drug-likeness (QED) is 0.914. The van der Waals surface area contributed by atoms with Gasteiger partial charge in [-0.25, -0.2) is 15.0 Å². The Morgan fingerprint density at radius 2 is 1.68 bits per heavy atom. The number of pyridine rings is 1. The first-order valence-electron chi connectivity index (χ1n) is 8.03. The van der Waals surface area contributed by atoms with Crippen molar-refractivity contribution in [2.75, 3.05) is 41.7 Å². The third-order valence-corrected chi connectivity index (χ3v) is 4.10. The van der Waals surface area contributed by atoms with Crippen molar-refractivity contribution in [3.8, 4) is 0 Å². The third kappa shape index (κ3) is 3.92. The molecule has 0 aliphatic carbocycles. The van der Waals surface area contributed by atoms with E-state index in [1.807, 2.05) is 11.8 Å². The van der Waals surface area contributed by atoms with Gasteiger partial charge < -0.3 is 15.5 Å². The van der Waals surface area contributed by atoms with Crippen molar-refractivity contribution in [1.82, 2.24) is 15.0 Å². The van der Waals surface area contributed by atoms with Crippen LogP contribution in [0.25, 0.3) is 0 Å². The normalized spacial score (nSPS) is 15.5. The Hall–Kier alpha value is -2.58. The van der Waals surface area contributed by atoms with Crippen molar-refractivity contribution in [2.45, 2.75) is 19.5 Å². The molecule has 0 atom stereocenters. The van der Waals surface area contributed by atoms with E-state index in [-0.39, 0.29) is 0 Å². The van der Waals surface area contributed by atoms with Crippen LogP contribution < -0.4 is 15.5 Å². The van der Waals surface area contributed by atoms with Crippen LogP contribution in [0.2, 0.25) is 0 Å². The van der Waals surface area contributed by atoms with Gasteiger partial charge >= 0.3 is 6.18 Å². The van der Waals surface area contributed by atoms with Crippen LogP contribution in [0.3, 0.4) is 0 Å². The third-order valence-electron chi connectivity index (χ3n) is 4.10. The van der Waals surface area contributed by atoms with Crippen molar-refractivity contribution in [1.29, 1.82) is 0 Å². The number of nitrogens with zero attached hydrogens (tertiary/aromatic N) is 5. The topological polar surface area (TPSA) is 71.2 Å². The molecule has 25 heavy (non-hydrogen) atoms. The van der Waals surface area contributed by atoms with Crippen LogP contribution in [0, 0.1) is 0 Å². The molecule has 3 heterocycles. The number of anilines is 3. The molecule has 1 saturated heterocycles. The molecule has 6 nitrogen and oxygen atoms in total. The Labute approximate surface area is 143 Å². The van der Waals surface area contributed by atoms with Crippen LogP contribution >= 0.6 is 0 Å². The predicted octanol–water partition coefficient (Wildman–Crippen LogP) is 2.36. The van der Waals surface area contributed by atoms with Crippen LogP contribution in [0.15, 0.2) is 24.4 Å². The number of hydrogen-bond acceptors (Lipinski definition) is 6. The first kappa shape index (κ1) is 17.2. The number of nitrogens with two attached hydrogens (primary N) is 1. The zero-order chi connectivity index (χ0) is 18.0. The highest BCUT2D eigenvalue weighted by atomic mass is 19.4. The Kier molecular flexibility index (Phi) is 4.65. The maximum absolute atomic E-state index is 12.8.